The number of carbonyl (C=O) groups is 2. The van der Waals surface area contributed by atoms with E-state index in [1.807, 2.05) is 39.0 Å². The average molecular weight is 400 g/mol. The third-order valence-electron chi connectivity index (χ3n) is 5.07. The molecule has 0 saturated carbocycles. The van der Waals surface area contributed by atoms with Crippen LogP contribution in [0.25, 0.3) is 0 Å². The molecule has 1 unspecified atom stereocenters. The zero-order chi connectivity index (χ0) is 21.0. The van der Waals surface area contributed by atoms with E-state index in [2.05, 4.69) is 10.3 Å². The van der Waals surface area contributed by atoms with Crippen LogP contribution in [-0.2, 0) is 16.0 Å². The molecule has 1 aliphatic heterocycles. The number of rotatable bonds is 7. The SMILES string of the molecule is CCOC(=O)c1c(C)[nH]c(CCC(=O)NC(C)c2ccc3c(c2)OCCO3)c1C. The van der Waals surface area contributed by atoms with Gasteiger partial charge < -0.3 is 24.5 Å². The van der Waals surface area contributed by atoms with Crippen LogP contribution in [0.4, 0.5) is 0 Å². The molecule has 156 valence electrons. The topological polar surface area (TPSA) is 89.7 Å². The zero-order valence-electron chi connectivity index (χ0n) is 17.4. The number of fused-ring (bicyclic) bond motifs is 1. The van der Waals surface area contributed by atoms with Gasteiger partial charge in [0.1, 0.15) is 13.2 Å². The van der Waals surface area contributed by atoms with Gasteiger partial charge >= 0.3 is 5.97 Å². The van der Waals surface area contributed by atoms with Crippen molar-refractivity contribution in [2.45, 2.75) is 46.6 Å². The van der Waals surface area contributed by atoms with Crippen molar-refractivity contribution < 1.29 is 23.8 Å². The van der Waals surface area contributed by atoms with Gasteiger partial charge in [-0.1, -0.05) is 6.07 Å². The highest BCUT2D eigenvalue weighted by molar-refractivity contribution is 5.92. The van der Waals surface area contributed by atoms with Gasteiger partial charge in [0.15, 0.2) is 11.5 Å². The first-order valence-corrected chi connectivity index (χ1v) is 9.94. The number of aryl methyl sites for hydroxylation is 2. The number of hydrogen-bond acceptors (Lipinski definition) is 5. The first-order valence-electron chi connectivity index (χ1n) is 9.94. The summed E-state index contributed by atoms with van der Waals surface area (Å²) >= 11 is 0. The van der Waals surface area contributed by atoms with Crippen molar-refractivity contribution in [3.63, 3.8) is 0 Å². The predicted octanol–water partition coefficient (Wildman–Crippen LogP) is 3.39. The molecule has 0 fully saturated rings. The van der Waals surface area contributed by atoms with Crippen LogP contribution < -0.4 is 14.8 Å². The minimum atomic E-state index is -0.332. The second-order valence-corrected chi connectivity index (χ2v) is 7.14. The predicted molar refractivity (Wildman–Crippen MR) is 109 cm³/mol. The third-order valence-corrected chi connectivity index (χ3v) is 5.07. The number of esters is 1. The van der Waals surface area contributed by atoms with Crippen LogP contribution in [0, 0.1) is 13.8 Å². The summed E-state index contributed by atoms with van der Waals surface area (Å²) in [4.78, 5) is 27.8. The van der Waals surface area contributed by atoms with Gasteiger partial charge in [0.2, 0.25) is 5.91 Å². The molecule has 29 heavy (non-hydrogen) atoms. The molecule has 2 N–H and O–H groups in total. The Hall–Kier alpha value is -2.96. The lowest BCUT2D eigenvalue weighted by Crippen LogP contribution is -2.27. The van der Waals surface area contributed by atoms with Gasteiger partial charge in [0, 0.05) is 17.8 Å². The molecule has 1 atom stereocenters. The monoisotopic (exact) mass is 400 g/mol. The highest BCUT2D eigenvalue weighted by Gasteiger charge is 2.20. The first kappa shape index (κ1) is 20.8. The van der Waals surface area contributed by atoms with Crippen molar-refractivity contribution in [3.8, 4) is 11.5 Å². The fraction of sp³-hybridized carbons (Fsp3) is 0.455. The van der Waals surface area contributed by atoms with Crippen LogP contribution >= 0.6 is 0 Å². The Morgan fingerprint density at radius 1 is 1.21 bits per heavy atom. The van der Waals surface area contributed by atoms with Gasteiger partial charge in [-0.2, -0.15) is 0 Å². The van der Waals surface area contributed by atoms with Crippen LogP contribution in [0.3, 0.4) is 0 Å². The number of hydrogen-bond donors (Lipinski definition) is 2. The van der Waals surface area contributed by atoms with E-state index in [4.69, 9.17) is 14.2 Å². The molecule has 7 nitrogen and oxygen atoms in total. The molecule has 1 aromatic heterocycles. The van der Waals surface area contributed by atoms with Gasteiger partial charge in [-0.3, -0.25) is 4.79 Å². The molecule has 1 aromatic carbocycles. The lowest BCUT2D eigenvalue weighted by Gasteiger charge is -2.21. The summed E-state index contributed by atoms with van der Waals surface area (Å²) in [6, 6.07) is 5.56. The van der Waals surface area contributed by atoms with E-state index >= 15 is 0 Å². The number of ether oxygens (including phenoxy) is 3. The summed E-state index contributed by atoms with van der Waals surface area (Å²) in [5, 5.41) is 3.02. The van der Waals surface area contributed by atoms with E-state index in [0.717, 1.165) is 28.3 Å². The molecule has 0 radical (unpaired) electrons. The number of carbonyl (C=O) groups excluding carboxylic acids is 2. The van der Waals surface area contributed by atoms with Crippen molar-refractivity contribution in [3.05, 3.63) is 46.3 Å². The number of amides is 1. The van der Waals surface area contributed by atoms with Gasteiger partial charge in [-0.05, 0) is 57.4 Å². The van der Waals surface area contributed by atoms with Crippen LogP contribution in [-0.4, -0.2) is 36.7 Å². The molecule has 2 aromatic rings. The summed E-state index contributed by atoms with van der Waals surface area (Å²) in [6.07, 6.45) is 0.837. The number of nitrogens with one attached hydrogen (secondary N) is 2. The smallest absolute Gasteiger partial charge is 0.340 e. The van der Waals surface area contributed by atoms with E-state index in [1.54, 1.807) is 6.92 Å². The largest absolute Gasteiger partial charge is 0.486 e. The summed E-state index contributed by atoms with van der Waals surface area (Å²) < 4.78 is 16.3. The van der Waals surface area contributed by atoms with E-state index in [9.17, 15) is 9.59 Å². The molecule has 1 amide bonds. The average Bonchev–Trinajstić information content (AvgIpc) is 2.99. The minimum absolute atomic E-state index is 0.0586. The maximum Gasteiger partial charge on any atom is 0.340 e. The van der Waals surface area contributed by atoms with Gasteiger partial charge in [0.25, 0.3) is 0 Å². The standard InChI is InChI=1S/C22H28N2O5/c1-5-27-22(26)21-13(2)17(23-15(21)4)7-9-20(25)24-14(3)16-6-8-18-19(12-16)29-11-10-28-18/h6,8,12,14,23H,5,7,9-11H2,1-4H3,(H,24,25). The molecule has 3 rings (SSSR count). The third kappa shape index (κ3) is 4.72. The molecule has 1 aliphatic rings. The van der Waals surface area contributed by atoms with Crippen LogP contribution in [0.2, 0.25) is 0 Å². The second-order valence-electron chi connectivity index (χ2n) is 7.14. The maximum atomic E-state index is 12.5. The van der Waals surface area contributed by atoms with E-state index in [0.29, 0.717) is 44.0 Å². The van der Waals surface area contributed by atoms with Crippen molar-refractivity contribution >= 4 is 11.9 Å². The Bertz CT molecular complexity index is 903. The van der Waals surface area contributed by atoms with Crippen molar-refractivity contribution in [2.75, 3.05) is 19.8 Å². The van der Waals surface area contributed by atoms with Gasteiger partial charge in [0.05, 0.1) is 18.2 Å². The molecule has 0 bridgehead atoms. The quantitative estimate of drug-likeness (QED) is 0.696. The molecule has 2 heterocycles. The molecule has 0 aliphatic carbocycles. The lowest BCUT2D eigenvalue weighted by molar-refractivity contribution is -0.121. The zero-order valence-corrected chi connectivity index (χ0v) is 17.4. The Morgan fingerprint density at radius 2 is 1.93 bits per heavy atom. The van der Waals surface area contributed by atoms with Crippen molar-refractivity contribution in [1.82, 2.24) is 10.3 Å². The van der Waals surface area contributed by atoms with Gasteiger partial charge in [-0.25, -0.2) is 4.79 Å². The van der Waals surface area contributed by atoms with Crippen LogP contribution in [0.1, 0.15) is 59.2 Å². The molecule has 0 saturated heterocycles. The van der Waals surface area contributed by atoms with E-state index < -0.39 is 0 Å². The summed E-state index contributed by atoms with van der Waals surface area (Å²) in [7, 11) is 0. The fourth-order valence-electron chi connectivity index (χ4n) is 3.54. The molecular formula is C22H28N2O5. The molecule has 0 spiro atoms. The summed E-state index contributed by atoms with van der Waals surface area (Å²) in [5.74, 6) is 1.05. The lowest BCUT2D eigenvalue weighted by atomic mass is 10.1. The van der Waals surface area contributed by atoms with Crippen LogP contribution in [0.5, 0.6) is 11.5 Å². The van der Waals surface area contributed by atoms with E-state index in [1.165, 1.54) is 0 Å². The minimum Gasteiger partial charge on any atom is -0.486 e. The Labute approximate surface area is 170 Å². The molecule has 7 heteroatoms. The fourth-order valence-corrected chi connectivity index (χ4v) is 3.54. The summed E-state index contributed by atoms with van der Waals surface area (Å²) in [5.41, 5.74) is 4.01. The molecular weight excluding hydrogens is 372 g/mol. The number of benzene rings is 1. The Balaban J connectivity index is 1.59. The van der Waals surface area contributed by atoms with Gasteiger partial charge in [-0.15, -0.1) is 0 Å². The van der Waals surface area contributed by atoms with Crippen LogP contribution in [0.15, 0.2) is 18.2 Å². The maximum absolute atomic E-state index is 12.5. The highest BCUT2D eigenvalue weighted by atomic mass is 16.6. The Kier molecular flexibility index (Phi) is 6.46. The number of aromatic nitrogens is 1. The summed E-state index contributed by atoms with van der Waals surface area (Å²) in [6.45, 7) is 8.84. The van der Waals surface area contributed by atoms with Crippen molar-refractivity contribution in [1.29, 1.82) is 0 Å². The van der Waals surface area contributed by atoms with Crippen molar-refractivity contribution in [2.24, 2.45) is 0 Å². The first-order chi connectivity index (χ1) is 13.9. The second kappa shape index (κ2) is 9.03. The Morgan fingerprint density at radius 3 is 2.66 bits per heavy atom. The van der Waals surface area contributed by atoms with E-state index in [-0.39, 0.29) is 17.9 Å². The number of H-pyrrole nitrogens is 1. The normalized spacial score (nSPS) is 13.7. The number of aromatic amines is 1. The highest BCUT2D eigenvalue weighted by Crippen LogP contribution is 2.32.